The molecule has 228 valence electrons. The summed E-state index contributed by atoms with van der Waals surface area (Å²) in [5.41, 5.74) is 7.24. The second kappa shape index (κ2) is 13.8. The fraction of sp³-hybridized carbons (Fsp3) is 0.188. The number of nitrogens with zero attached hydrogens (tertiary/aromatic N) is 3. The zero-order valence-electron chi connectivity index (χ0n) is 24.3. The van der Waals surface area contributed by atoms with E-state index in [0.717, 1.165) is 5.56 Å². The summed E-state index contributed by atoms with van der Waals surface area (Å²) in [6.45, 7) is 5.35. The molecule has 3 aromatic carbocycles. The summed E-state index contributed by atoms with van der Waals surface area (Å²) in [4.78, 5) is 44.1. The number of benzene rings is 3. The Kier molecular flexibility index (Phi) is 10.1. The van der Waals surface area contributed by atoms with Crippen molar-refractivity contribution in [1.82, 2.24) is 9.55 Å². The highest BCUT2D eigenvalue weighted by Crippen LogP contribution is 2.31. The molecule has 12 heteroatoms. The molecule has 1 unspecified atom stereocenters. The molecule has 0 saturated carbocycles. The third-order valence-corrected chi connectivity index (χ3v) is 6.64. The smallest absolute Gasteiger partial charge is 0.338 e. The molecule has 1 atom stereocenters. The summed E-state index contributed by atoms with van der Waals surface area (Å²) in [5, 5.41) is 4.39. The maximum Gasteiger partial charge on any atom is 0.338 e. The van der Waals surface area contributed by atoms with Crippen LogP contribution >= 0.6 is 23.2 Å². The van der Waals surface area contributed by atoms with Crippen molar-refractivity contribution in [1.29, 1.82) is 0 Å². The second-order valence-electron chi connectivity index (χ2n) is 10.9. The summed E-state index contributed by atoms with van der Waals surface area (Å²) in [5.74, 6) is 5.19. The van der Waals surface area contributed by atoms with E-state index < -0.39 is 29.1 Å². The van der Waals surface area contributed by atoms with Crippen molar-refractivity contribution < 1.29 is 14.3 Å². The van der Waals surface area contributed by atoms with Gasteiger partial charge in [0, 0.05) is 28.8 Å². The van der Waals surface area contributed by atoms with Crippen molar-refractivity contribution in [2.24, 2.45) is 11.6 Å². The highest BCUT2D eigenvalue weighted by atomic mass is 35.5. The Balaban J connectivity index is 1.66. The van der Waals surface area contributed by atoms with Crippen LogP contribution in [0.5, 0.6) is 0 Å². The van der Waals surface area contributed by atoms with Crippen LogP contribution in [-0.4, -0.2) is 27.0 Å². The molecule has 0 bridgehead atoms. The number of esters is 1. The van der Waals surface area contributed by atoms with Crippen LogP contribution < -0.4 is 27.5 Å². The number of nitrogens with one attached hydrogen (secondary N) is 1. The van der Waals surface area contributed by atoms with E-state index in [2.05, 4.69) is 10.3 Å². The monoisotopic (exact) mass is 634 g/mol. The minimum Gasteiger partial charge on any atom is -0.456 e. The second-order valence-corrected chi connectivity index (χ2v) is 11.7. The number of hydrazine groups is 1. The quantitative estimate of drug-likeness (QED) is 0.0931. The van der Waals surface area contributed by atoms with Gasteiger partial charge < -0.3 is 15.8 Å². The fourth-order valence-corrected chi connectivity index (χ4v) is 4.62. The summed E-state index contributed by atoms with van der Waals surface area (Å²) in [7, 11) is 0. The molecule has 0 spiro atoms. The zero-order valence-corrected chi connectivity index (χ0v) is 25.8. The summed E-state index contributed by atoms with van der Waals surface area (Å²) < 4.78 is 6.67. The van der Waals surface area contributed by atoms with Crippen LogP contribution in [0.3, 0.4) is 0 Å². The zero-order chi connectivity index (χ0) is 32.0. The third-order valence-electron chi connectivity index (χ3n) is 6.31. The molecule has 0 fully saturated rings. The Morgan fingerprint density at radius 3 is 2.36 bits per heavy atom. The van der Waals surface area contributed by atoms with Gasteiger partial charge in [0.25, 0.3) is 5.56 Å². The number of amides is 1. The van der Waals surface area contributed by atoms with Crippen LogP contribution in [0.4, 0.5) is 11.4 Å². The normalized spacial score (nSPS) is 12.4. The lowest BCUT2D eigenvalue weighted by Gasteiger charge is -2.21. The molecular formula is C32H32Cl2N6O4. The van der Waals surface area contributed by atoms with Crippen LogP contribution in [0.2, 0.25) is 5.02 Å². The Hall–Kier alpha value is -4.64. The van der Waals surface area contributed by atoms with Crippen molar-refractivity contribution in [3.8, 4) is 11.3 Å². The van der Waals surface area contributed by atoms with Gasteiger partial charge in [0.05, 0.1) is 29.5 Å². The number of halogens is 2. The summed E-state index contributed by atoms with van der Waals surface area (Å²) >= 11 is 12.0. The van der Waals surface area contributed by atoms with E-state index in [1.54, 1.807) is 63.2 Å². The number of carbonyl (C=O) groups is 2. The molecule has 0 aliphatic carbocycles. The van der Waals surface area contributed by atoms with Gasteiger partial charge in [0.2, 0.25) is 5.91 Å². The standard InChI is InChI=1S/C32H32Cl2N6O4/c1-32(2,3)44-31(43)21-9-12-23(13-10-21)38-30(42)27(15-20-7-5-4-6-8-20)39-19-37-25(17-29(39)41)24-16-22(33)11-14-26(24)40(36)18-28(34)35/h4-14,16-19,27H,15,35-36H2,1-3H3,(H,38,42)/b28-18-. The van der Waals surface area contributed by atoms with Gasteiger partial charge in [-0.15, -0.1) is 0 Å². The molecular weight excluding hydrogens is 603 g/mol. The van der Waals surface area contributed by atoms with Crippen LogP contribution in [0.1, 0.15) is 42.7 Å². The van der Waals surface area contributed by atoms with E-state index in [1.807, 2.05) is 30.3 Å². The Morgan fingerprint density at radius 2 is 1.75 bits per heavy atom. The Morgan fingerprint density at radius 1 is 1.07 bits per heavy atom. The molecule has 1 heterocycles. The lowest BCUT2D eigenvalue weighted by molar-refractivity contribution is -0.119. The highest BCUT2D eigenvalue weighted by molar-refractivity contribution is 6.31. The van der Waals surface area contributed by atoms with E-state index in [1.165, 1.54) is 28.2 Å². The van der Waals surface area contributed by atoms with Crippen LogP contribution in [0.25, 0.3) is 11.3 Å². The largest absolute Gasteiger partial charge is 0.456 e. The molecule has 0 aliphatic heterocycles. The van der Waals surface area contributed by atoms with Gasteiger partial charge in [-0.2, -0.15) is 0 Å². The minimum atomic E-state index is -0.958. The first-order valence-corrected chi connectivity index (χ1v) is 14.3. The first-order valence-electron chi connectivity index (χ1n) is 13.5. The van der Waals surface area contributed by atoms with E-state index in [-0.39, 0.29) is 17.3 Å². The number of hydrogen-bond acceptors (Lipinski definition) is 8. The maximum absolute atomic E-state index is 13.7. The van der Waals surface area contributed by atoms with Crippen LogP contribution in [0, 0.1) is 0 Å². The first-order chi connectivity index (χ1) is 20.8. The van der Waals surface area contributed by atoms with E-state index in [0.29, 0.717) is 27.5 Å². The molecule has 5 N–H and O–H groups in total. The number of carbonyl (C=O) groups excluding carboxylic acids is 2. The number of anilines is 2. The molecule has 4 aromatic rings. The number of nitrogens with two attached hydrogens (primary N) is 2. The minimum absolute atomic E-state index is 0.0500. The topological polar surface area (TPSA) is 146 Å². The van der Waals surface area contributed by atoms with E-state index in [4.69, 9.17) is 39.5 Å². The number of aromatic nitrogens is 2. The highest BCUT2D eigenvalue weighted by Gasteiger charge is 2.24. The third kappa shape index (κ3) is 8.47. The van der Waals surface area contributed by atoms with Crippen molar-refractivity contribution in [3.05, 3.63) is 123 Å². The van der Waals surface area contributed by atoms with Gasteiger partial charge in [0.15, 0.2) is 0 Å². The van der Waals surface area contributed by atoms with Crippen molar-refractivity contribution >= 4 is 46.5 Å². The Labute approximate surface area is 264 Å². The van der Waals surface area contributed by atoms with E-state index >= 15 is 0 Å². The fourth-order valence-electron chi connectivity index (χ4n) is 4.34. The van der Waals surface area contributed by atoms with E-state index in [9.17, 15) is 14.4 Å². The van der Waals surface area contributed by atoms with Crippen LogP contribution in [0.15, 0.2) is 101 Å². The first kappa shape index (κ1) is 32.3. The van der Waals surface area contributed by atoms with Crippen molar-refractivity contribution in [2.45, 2.75) is 38.8 Å². The SMILES string of the molecule is CC(C)(C)OC(=O)c1ccc(NC(=O)C(Cc2ccccc2)n2cnc(-c3cc(Cl)ccc3N(N)/C=C(\N)Cl)cc2=O)cc1. The molecule has 1 aromatic heterocycles. The van der Waals surface area contributed by atoms with Crippen LogP contribution in [-0.2, 0) is 16.0 Å². The lowest BCUT2D eigenvalue weighted by atomic mass is 10.0. The number of hydrogen-bond donors (Lipinski definition) is 3. The predicted molar refractivity (Wildman–Crippen MR) is 173 cm³/mol. The molecule has 10 nitrogen and oxygen atoms in total. The predicted octanol–water partition coefficient (Wildman–Crippen LogP) is 5.62. The van der Waals surface area contributed by atoms with Gasteiger partial charge in [-0.3, -0.25) is 19.2 Å². The van der Waals surface area contributed by atoms with Gasteiger partial charge in [-0.05, 0) is 68.8 Å². The molecule has 44 heavy (non-hydrogen) atoms. The van der Waals surface area contributed by atoms with Crippen molar-refractivity contribution in [3.63, 3.8) is 0 Å². The average Bonchev–Trinajstić information content (AvgIpc) is 2.95. The van der Waals surface area contributed by atoms with Gasteiger partial charge in [-0.1, -0.05) is 53.5 Å². The molecule has 0 radical (unpaired) electrons. The van der Waals surface area contributed by atoms with Crippen molar-refractivity contribution in [2.75, 3.05) is 10.3 Å². The number of ether oxygens (including phenoxy) is 1. The Bertz CT molecular complexity index is 1730. The lowest BCUT2D eigenvalue weighted by Crippen LogP contribution is -2.34. The number of rotatable bonds is 9. The molecule has 0 saturated heterocycles. The molecule has 1 amide bonds. The van der Waals surface area contributed by atoms with Gasteiger partial charge >= 0.3 is 5.97 Å². The maximum atomic E-state index is 13.7. The molecule has 0 aliphatic rings. The van der Waals surface area contributed by atoms with Gasteiger partial charge in [0.1, 0.15) is 16.8 Å². The molecule has 4 rings (SSSR count). The summed E-state index contributed by atoms with van der Waals surface area (Å²) in [6, 6.07) is 20.9. The summed E-state index contributed by atoms with van der Waals surface area (Å²) in [6.07, 6.45) is 2.83. The average molecular weight is 636 g/mol. The van der Waals surface area contributed by atoms with Gasteiger partial charge in [-0.25, -0.2) is 15.6 Å².